The number of nitrogens with one attached hydrogen (secondary N) is 1. The van der Waals surface area contributed by atoms with Crippen molar-refractivity contribution in [1.82, 2.24) is 24.4 Å². The average molecular weight is 554 g/mol. The molecule has 1 amide bonds. The summed E-state index contributed by atoms with van der Waals surface area (Å²) >= 11 is 6.83. The zero-order valence-corrected chi connectivity index (χ0v) is 21.7. The summed E-state index contributed by atoms with van der Waals surface area (Å²) in [4.78, 5) is 39.3. The highest BCUT2D eigenvalue weighted by Crippen LogP contribution is 2.44. The number of likely N-dealkylation sites (tertiary alicyclic amines) is 1. The van der Waals surface area contributed by atoms with Gasteiger partial charge in [0.25, 0.3) is 0 Å². The van der Waals surface area contributed by atoms with Gasteiger partial charge in [-0.15, -0.1) is 0 Å². The number of H-pyrrole nitrogens is 1. The Kier molecular flexibility index (Phi) is 6.80. The average Bonchev–Trinajstić information content (AvgIpc) is 3.13. The molecule has 1 aliphatic heterocycles. The zero-order valence-electron chi connectivity index (χ0n) is 20.9. The molecule has 0 radical (unpaired) electrons. The molecule has 1 N–H and O–H groups in total. The first-order chi connectivity index (χ1) is 18.9. The molecule has 0 spiro atoms. The number of hydrogen-bond acceptors (Lipinski definition) is 5. The predicted octanol–water partition coefficient (Wildman–Crippen LogP) is 5.95. The Balaban J connectivity index is 1.37. The van der Waals surface area contributed by atoms with Gasteiger partial charge in [0.2, 0.25) is 0 Å². The van der Waals surface area contributed by atoms with Crippen molar-refractivity contribution >= 4 is 28.9 Å². The van der Waals surface area contributed by atoms with Crippen LogP contribution in [-0.2, 0) is 11.2 Å². The predicted molar refractivity (Wildman–Crippen MR) is 140 cm³/mol. The van der Waals surface area contributed by atoms with Gasteiger partial charge in [0.1, 0.15) is 11.6 Å². The van der Waals surface area contributed by atoms with E-state index in [4.69, 9.17) is 16.3 Å². The van der Waals surface area contributed by atoms with Crippen LogP contribution >= 0.6 is 11.6 Å². The Labute approximate surface area is 227 Å². The lowest BCUT2D eigenvalue weighted by atomic mass is 9.91. The smallest absolute Gasteiger partial charge is 0.412 e. The number of aromatic nitrogens is 4. The Morgan fingerprint density at radius 2 is 1.87 bits per heavy atom. The van der Waals surface area contributed by atoms with E-state index in [2.05, 4.69) is 15.0 Å². The number of imidazole rings is 1. The van der Waals surface area contributed by atoms with E-state index in [0.29, 0.717) is 23.3 Å². The second kappa shape index (κ2) is 10.4. The molecule has 6 rings (SSSR count). The molecule has 202 valence electrons. The van der Waals surface area contributed by atoms with Crippen LogP contribution in [0.2, 0.25) is 0 Å². The van der Waals surface area contributed by atoms with Gasteiger partial charge in [0.05, 0.1) is 17.3 Å². The van der Waals surface area contributed by atoms with Crippen molar-refractivity contribution in [2.24, 2.45) is 0 Å². The Bertz CT molecular complexity index is 1590. The molecule has 1 aromatic carbocycles. The third kappa shape index (κ3) is 4.67. The van der Waals surface area contributed by atoms with Crippen LogP contribution in [0.1, 0.15) is 67.1 Å². The number of aromatic amines is 1. The molecule has 8 nitrogen and oxygen atoms in total. The molecule has 4 heterocycles. The lowest BCUT2D eigenvalue weighted by Crippen LogP contribution is -2.47. The summed E-state index contributed by atoms with van der Waals surface area (Å²) < 4.78 is 37.0. The molecular weight excluding hydrogens is 528 g/mol. The summed E-state index contributed by atoms with van der Waals surface area (Å²) in [5.41, 5.74) is 1.30. The number of carbonyl (C=O) groups is 1. The first kappa shape index (κ1) is 25.5. The molecule has 11 heteroatoms. The number of pyridine rings is 2. The van der Waals surface area contributed by atoms with Crippen molar-refractivity contribution in [1.29, 1.82) is 0 Å². The number of aryl methyl sites for hydroxylation is 1. The van der Waals surface area contributed by atoms with E-state index < -0.39 is 47.1 Å². The Morgan fingerprint density at radius 3 is 2.74 bits per heavy atom. The van der Waals surface area contributed by atoms with Crippen molar-refractivity contribution < 1.29 is 18.3 Å². The summed E-state index contributed by atoms with van der Waals surface area (Å²) in [6.07, 6.45) is 5.43. The fourth-order valence-corrected chi connectivity index (χ4v) is 6.28. The second-order valence-electron chi connectivity index (χ2n) is 9.96. The number of nitrogens with zero attached hydrogens (tertiary/aromatic N) is 4. The van der Waals surface area contributed by atoms with Gasteiger partial charge in [-0.2, -0.15) is 0 Å². The minimum Gasteiger partial charge on any atom is -0.440 e. The Morgan fingerprint density at radius 1 is 1.05 bits per heavy atom. The van der Waals surface area contributed by atoms with Gasteiger partial charge in [0.15, 0.2) is 17.3 Å². The molecule has 4 atom stereocenters. The van der Waals surface area contributed by atoms with Gasteiger partial charge >= 0.3 is 11.8 Å². The summed E-state index contributed by atoms with van der Waals surface area (Å²) in [6, 6.07) is 9.61. The molecule has 3 aromatic heterocycles. The van der Waals surface area contributed by atoms with Crippen LogP contribution in [0.15, 0.2) is 59.7 Å². The van der Waals surface area contributed by atoms with E-state index >= 15 is 4.39 Å². The number of carbonyl (C=O) groups excluding carboxylic acids is 1. The number of fused-ring (bicyclic) bond motifs is 2. The van der Waals surface area contributed by atoms with Crippen LogP contribution in [0, 0.1) is 11.6 Å². The summed E-state index contributed by atoms with van der Waals surface area (Å²) in [6.45, 7) is 0. The maximum atomic E-state index is 15.2. The van der Waals surface area contributed by atoms with Gasteiger partial charge in [-0.05, 0) is 61.9 Å². The van der Waals surface area contributed by atoms with E-state index in [-0.39, 0.29) is 18.4 Å². The second-order valence-corrected chi connectivity index (χ2v) is 10.5. The Hall–Kier alpha value is -3.79. The highest BCUT2D eigenvalue weighted by atomic mass is 35.5. The molecule has 2 unspecified atom stereocenters. The number of halogens is 3. The maximum Gasteiger partial charge on any atom is 0.412 e. The first-order valence-corrected chi connectivity index (χ1v) is 13.4. The normalized spacial score (nSPS) is 23.3. The third-order valence-electron chi connectivity index (χ3n) is 7.64. The lowest BCUT2D eigenvalue weighted by Gasteiger charge is -2.43. The van der Waals surface area contributed by atoms with Gasteiger partial charge < -0.3 is 4.74 Å². The maximum absolute atomic E-state index is 15.2. The van der Waals surface area contributed by atoms with Gasteiger partial charge in [0, 0.05) is 30.4 Å². The van der Waals surface area contributed by atoms with Crippen LogP contribution in [0.25, 0.3) is 11.2 Å². The molecule has 1 fully saturated rings. The summed E-state index contributed by atoms with van der Waals surface area (Å²) in [7, 11) is 0. The first-order valence-electron chi connectivity index (χ1n) is 13.0. The molecule has 1 saturated heterocycles. The van der Waals surface area contributed by atoms with Crippen molar-refractivity contribution in [2.45, 2.75) is 62.2 Å². The molecule has 1 aliphatic carbocycles. The fourth-order valence-electron chi connectivity index (χ4n) is 5.86. The van der Waals surface area contributed by atoms with Crippen molar-refractivity contribution in [3.63, 3.8) is 0 Å². The van der Waals surface area contributed by atoms with Gasteiger partial charge in [-0.25, -0.2) is 23.4 Å². The quantitative estimate of drug-likeness (QED) is 0.192. The van der Waals surface area contributed by atoms with E-state index in [0.717, 1.165) is 30.9 Å². The molecule has 0 saturated carbocycles. The van der Waals surface area contributed by atoms with Crippen molar-refractivity contribution in [3.05, 3.63) is 93.8 Å². The van der Waals surface area contributed by atoms with Crippen LogP contribution in [0.3, 0.4) is 0 Å². The lowest BCUT2D eigenvalue weighted by molar-refractivity contribution is 0.0215. The van der Waals surface area contributed by atoms with Gasteiger partial charge in [-0.3, -0.25) is 19.4 Å². The third-order valence-corrected chi connectivity index (χ3v) is 8.03. The zero-order chi connectivity index (χ0) is 27.1. The van der Waals surface area contributed by atoms with Crippen molar-refractivity contribution in [3.8, 4) is 0 Å². The number of benzene rings is 1. The van der Waals surface area contributed by atoms with E-state index in [1.54, 1.807) is 24.5 Å². The van der Waals surface area contributed by atoms with E-state index in [1.807, 2.05) is 12.1 Å². The number of amides is 1. The SMILES string of the molecule is O=C(O[C@H]1CCCCc2cccnc21)N1C(Cl)CC(n2c(=O)[nH]c3ncccc32)C[C@H]1c1cccc(F)c1F. The number of piperidine rings is 1. The largest absolute Gasteiger partial charge is 0.440 e. The van der Waals surface area contributed by atoms with Crippen LogP contribution < -0.4 is 5.69 Å². The summed E-state index contributed by atoms with van der Waals surface area (Å²) in [5, 5.41) is 0. The number of ether oxygens (including phenoxy) is 1. The fraction of sp³-hybridized carbons (Fsp3) is 0.357. The van der Waals surface area contributed by atoms with Gasteiger partial charge in [-0.1, -0.05) is 29.8 Å². The van der Waals surface area contributed by atoms with Crippen LogP contribution in [-0.4, -0.2) is 36.0 Å². The number of alkyl halides is 1. The molecule has 4 aromatic rings. The van der Waals surface area contributed by atoms with E-state index in [9.17, 15) is 14.0 Å². The van der Waals surface area contributed by atoms with Crippen LogP contribution in [0.5, 0.6) is 0 Å². The molecule has 2 aliphatic rings. The number of rotatable bonds is 3. The van der Waals surface area contributed by atoms with Crippen LogP contribution in [0.4, 0.5) is 13.6 Å². The highest BCUT2D eigenvalue weighted by Gasteiger charge is 2.43. The minimum atomic E-state index is -1.07. The summed E-state index contributed by atoms with van der Waals surface area (Å²) in [5.74, 6) is -2.11. The highest BCUT2D eigenvalue weighted by molar-refractivity contribution is 6.21. The standard InChI is InChI=1S/C28H26ClF2N5O3/c29-23-15-17(35-20-10-5-13-33-26(20)34-27(35)37)14-21(18-8-3-9-19(30)24(18)31)36(23)28(38)39-22-11-2-1-6-16-7-4-12-32-25(16)22/h3-5,7-10,12-13,17,21-23H,1-2,6,11,14-15H2,(H,33,34,37)/t17?,21-,22-,23?/m0/s1. The number of hydrogen-bond donors (Lipinski definition) is 1. The van der Waals surface area contributed by atoms with Crippen molar-refractivity contribution in [2.75, 3.05) is 0 Å². The monoisotopic (exact) mass is 553 g/mol. The molecular formula is C28H26ClF2N5O3. The molecule has 0 bridgehead atoms. The molecule has 39 heavy (non-hydrogen) atoms. The topological polar surface area (TPSA) is 93.1 Å². The van der Waals surface area contributed by atoms with E-state index in [1.165, 1.54) is 21.6 Å². The minimum absolute atomic E-state index is 0.0345.